The fourth-order valence-electron chi connectivity index (χ4n) is 2.24. The zero-order chi connectivity index (χ0) is 16.1. The van der Waals surface area contributed by atoms with Gasteiger partial charge >= 0.3 is 0 Å². The molecule has 1 N–H and O–H groups in total. The van der Waals surface area contributed by atoms with Crippen LogP contribution in [0.15, 0.2) is 24.4 Å². The average molecular weight is 338 g/mol. The lowest BCUT2D eigenvalue weighted by Crippen LogP contribution is -2.30. The maximum atomic E-state index is 12.3. The SMILES string of the molecule is CCN(CC)C(=O)c1ccc(NCc2cnc(Cl)s2)c(C)c1. The van der Waals surface area contributed by atoms with Gasteiger partial charge in [-0.2, -0.15) is 0 Å². The number of benzene rings is 1. The van der Waals surface area contributed by atoms with Crippen molar-refractivity contribution in [2.24, 2.45) is 0 Å². The van der Waals surface area contributed by atoms with Crippen molar-refractivity contribution in [3.63, 3.8) is 0 Å². The van der Waals surface area contributed by atoms with Gasteiger partial charge in [0, 0.05) is 35.4 Å². The molecule has 1 heterocycles. The van der Waals surface area contributed by atoms with Crippen molar-refractivity contribution in [3.05, 3.63) is 44.9 Å². The highest BCUT2D eigenvalue weighted by atomic mass is 35.5. The summed E-state index contributed by atoms with van der Waals surface area (Å²) in [6.07, 6.45) is 1.77. The maximum Gasteiger partial charge on any atom is 0.253 e. The topological polar surface area (TPSA) is 45.2 Å². The van der Waals surface area contributed by atoms with Gasteiger partial charge in [0.25, 0.3) is 5.91 Å². The highest BCUT2D eigenvalue weighted by Gasteiger charge is 2.13. The number of anilines is 1. The quantitative estimate of drug-likeness (QED) is 0.859. The summed E-state index contributed by atoms with van der Waals surface area (Å²) < 4.78 is 0.550. The summed E-state index contributed by atoms with van der Waals surface area (Å²) >= 11 is 7.29. The first kappa shape index (κ1) is 16.8. The number of hydrogen-bond donors (Lipinski definition) is 1. The normalized spacial score (nSPS) is 10.5. The minimum absolute atomic E-state index is 0.0777. The highest BCUT2D eigenvalue weighted by molar-refractivity contribution is 7.15. The smallest absolute Gasteiger partial charge is 0.253 e. The Balaban J connectivity index is 2.07. The Morgan fingerprint density at radius 2 is 2.09 bits per heavy atom. The third kappa shape index (κ3) is 3.99. The zero-order valence-electron chi connectivity index (χ0n) is 13.0. The van der Waals surface area contributed by atoms with E-state index in [1.807, 2.05) is 43.9 Å². The molecule has 2 aromatic rings. The molecule has 1 aromatic carbocycles. The van der Waals surface area contributed by atoms with Crippen molar-refractivity contribution in [1.82, 2.24) is 9.88 Å². The number of halogens is 1. The summed E-state index contributed by atoms with van der Waals surface area (Å²) in [5.74, 6) is 0.0777. The summed E-state index contributed by atoms with van der Waals surface area (Å²) in [6, 6.07) is 5.76. The van der Waals surface area contributed by atoms with Crippen molar-refractivity contribution in [2.75, 3.05) is 18.4 Å². The first-order valence-corrected chi connectivity index (χ1v) is 8.48. The zero-order valence-corrected chi connectivity index (χ0v) is 14.6. The number of amides is 1. The van der Waals surface area contributed by atoms with Crippen LogP contribution in [-0.4, -0.2) is 28.9 Å². The van der Waals surface area contributed by atoms with Gasteiger partial charge in [-0.15, -0.1) is 11.3 Å². The fraction of sp³-hybridized carbons (Fsp3) is 0.375. The molecule has 0 bridgehead atoms. The third-order valence-electron chi connectivity index (χ3n) is 3.50. The second kappa shape index (κ2) is 7.61. The summed E-state index contributed by atoms with van der Waals surface area (Å²) in [5, 5.41) is 3.35. The molecule has 0 aliphatic carbocycles. The van der Waals surface area contributed by atoms with Crippen LogP contribution in [0.3, 0.4) is 0 Å². The largest absolute Gasteiger partial charge is 0.380 e. The van der Waals surface area contributed by atoms with Gasteiger partial charge in [0.15, 0.2) is 4.47 Å². The third-order valence-corrected chi connectivity index (χ3v) is 4.62. The minimum atomic E-state index is 0.0777. The van der Waals surface area contributed by atoms with Crippen LogP contribution < -0.4 is 5.32 Å². The van der Waals surface area contributed by atoms with Gasteiger partial charge in [-0.3, -0.25) is 4.79 Å². The molecule has 0 aliphatic rings. The van der Waals surface area contributed by atoms with E-state index in [1.165, 1.54) is 11.3 Å². The van der Waals surface area contributed by atoms with E-state index in [1.54, 1.807) is 6.20 Å². The molecule has 1 aromatic heterocycles. The summed E-state index contributed by atoms with van der Waals surface area (Å²) in [7, 11) is 0. The summed E-state index contributed by atoms with van der Waals surface area (Å²) in [4.78, 5) is 19.3. The van der Waals surface area contributed by atoms with E-state index in [2.05, 4.69) is 10.3 Å². The number of aryl methyl sites for hydroxylation is 1. The lowest BCUT2D eigenvalue weighted by Gasteiger charge is -2.19. The molecule has 4 nitrogen and oxygen atoms in total. The second-order valence-corrected chi connectivity index (χ2v) is 6.64. The van der Waals surface area contributed by atoms with E-state index in [0.717, 1.165) is 34.8 Å². The van der Waals surface area contributed by atoms with Gasteiger partial charge in [-0.25, -0.2) is 4.98 Å². The van der Waals surface area contributed by atoms with Crippen LogP contribution in [0.1, 0.15) is 34.6 Å². The van der Waals surface area contributed by atoms with Gasteiger partial charge in [-0.1, -0.05) is 11.6 Å². The number of rotatable bonds is 6. The van der Waals surface area contributed by atoms with E-state index < -0.39 is 0 Å². The highest BCUT2D eigenvalue weighted by Crippen LogP contribution is 2.22. The molecule has 0 saturated carbocycles. The van der Waals surface area contributed by atoms with Crippen molar-refractivity contribution < 1.29 is 4.79 Å². The van der Waals surface area contributed by atoms with Crippen molar-refractivity contribution in [2.45, 2.75) is 27.3 Å². The predicted octanol–water partition coefficient (Wildman–Crippen LogP) is 4.20. The molecule has 0 saturated heterocycles. The van der Waals surface area contributed by atoms with Gasteiger partial charge < -0.3 is 10.2 Å². The minimum Gasteiger partial charge on any atom is -0.380 e. The summed E-state index contributed by atoms with van der Waals surface area (Å²) in [6.45, 7) is 8.10. The monoisotopic (exact) mass is 337 g/mol. The van der Waals surface area contributed by atoms with Crippen LogP contribution in [0.25, 0.3) is 0 Å². The van der Waals surface area contributed by atoms with E-state index in [0.29, 0.717) is 11.0 Å². The number of carbonyl (C=O) groups excluding carboxylic acids is 1. The maximum absolute atomic E-state index is 12.3. The first-order chi connectivity index (χ1) is 10.5. The van der Waals surface area contributed by atoms with Crippen LogP contribution >= 0.6 is 22.9 Å². The van der Waals surface area contributed by atoms with Crippen LogP contribution in [0, 0.1) is 6.92 Å². The average Bonchev–Trinajstić information content (AvgIpc) is 2.92. The van der Waals surface area contributed by atoms with Gasteiger partial charge in [0.2, 0.25) is 0 Å². The molecular formula is C16H20ClN3OS. The van der Waals surface area contributed by atoms with Crippen molar-refractivity contribution >= 4 is 34.5 Å². The Morgan fingerprint density at radius 1 is 1.36 bits per heavy atom. The Hall–Kier alpha value is -1.59. The van der Waals surface area contributed by atoms with E-state index in [4.69, 9.17) is 11.6 Å². The lowest BCUT2D eigenvalue weighted by atomic mass is 10.1. The number of thiazole rings is 1. The molecule has 0 unspecified atom stereocenters. The van der Waals surface area contributed by atoms with Crippen LogP contribution in [-0.2, 0) is 6.54 Å². The molecule has 1 amide bonds. The molecule has 0 radical (unpaired) electrons. The Morgan fingerprint density at radius 3 is 2.64 bits per heavy atom. The van der Waals surface area contributed by atoms with E-state index in [-0.39, 0.29) is 5.91 Å². The molecule has 2 rings (SSSR count). The molecular weight excluding hydrogens is 318 g/mol. The standard InChI is InChI=1S/C16H20ClN3OS/c1-4-20(5-2)15(21)12-6-7-14(11(3)8-12)18-9-13-10-19-16(17)22-13/h6-8,10,18H,4-5,9H2,1-3H3. The van der Waals surface area contributed by atoms with Gasteiger partial charge in [-0.05, 0) is 44.5 Å². The first-order valence-electron chi connectivity index (χ1n) is 7.29. The molecule has 0 spiro atoms. The number of nitrogens with zero attached hydrogens (tertiary/aromatic N) is 2. The molecule has 22 heavy (non-hydrogen) atoms. The molecule has 0 aliphatic heterocycles. The molecule has 0 atom stereocenters. The van der Waals surface area contributed by atoms with Crippen molar-refractivity contribution in [3.8, 4) is 0 Å². The molecule has 0 fully saturated rings. The second-order valence-electron chi connectivity index (χ2n) is 4.94. The number of carbonyl (C=O) groups is 1. The Labute approximate surface area is 140 Å². The van der Waals surface area contributed by atoms with E-state index in [9.17, 15) is 4.79 Å². The Bertz CT molecular complexity index is 653. The predicted molar refractivity (Wildman–Crippen MR) is 92.9 cm³/mol. The molecule has 118 valence electrons. The molecule has 6 heteroatoms. The number of hydrogen-bond acceptors (Lipinski definition) is 4. The van der Waals surface area contributed by atoms with Crippen LogP contribution in [0.2, 0.25) is 4.47 Å². The van der Waals surface area contributed by atoms with E-state index >= 15 is 0 Å². The Kier molecular flexibility index (Phi) is 5.80. The van der Waals surface area contributed by atoms with Gasteiger partial charge in [0.1, 0.15) is 0 Å². The number of aromatic nitrogens is 1. The lowest BCUT2D eigenvalue weighted by molar-refractivity contribution is 0.0773. The fourth-order valence-corrected chi connectivity index (χ4v) is 3.15. The van der Waals surface area contributed by atoms with Crippen molar-refractivity contribution in [1.29, 1.82) is 0 Å². The van der Waals surface area contributed by atoms with Gasteiger partial charge in [0.05, 0.1) is 6.54 Å². The van der Waals surface area contributed by atoms with Crippen LogP contribution in [0.5, 0.6) is 0 Å². The van der Waals surface area contributed by atoms with Crippen LogP contribution in [0.4, 0.5) is 5.69 Å². The summed E-state index contributed by atoms with van der Waals surface area (Å²) in [5.41, 5.74) is 2.79. The number of nitrogens with one attached hydrogen (secondary N) is 1.